The molecule has 2 aromatic carbocycles. The quantitative estimate of drug-likeness (QED) is 0.391. The second kappa shape index (κ2) is 9.65. The summed E-state index contributed by atoms with van der Waals surface area (Å²) in [5, 5.41) is 4.77. The van der Waals surface area contributed by atoms with Crippen molar-refractivity contribution >= 4 is 12.2 Å². The highest BCUT2D eigenvalue weighted by molar-refractivity contribution is 5.69. The van der Waals surface area contributed by atoms with Crippen LogP contribution in [0, 0.1) is 6.92 Å². The molecule has 0 radical (unpaired) electrons. The summed E-state index contributed by atoms with van der Waals surface area (Å²) in [6.07, 6.45) is 9.92. The Morgan fingerprint density at radius 1 is 1.12 bits per heavy atom. The molecule has 0 spiro atoms. The van der Waals surface area contributed by atoms with Crippen molar-refractivity contribution in [1.29, 1.82) is 0 Å². The fourth-order valence-corrected chi connectivity index (χ4v) is 4.63. The Balaban J connectivity index is 1.41. The average Bonchev–Trinajstić information content (AvgIpc) is 3.49. The van der Waals surface area contributed by atoms with Crippen molar-refractivity contribution in [3.8, 4) is 11.4 Å². The Morgan fingerprint density at radius 3 is 2.79 bits per heavy atom. The molecule has 0 saturated carbocycles. The van der Waals surface area contributed by atoms with E-state index in [1.165, 1.54) is 11.1 Å². The van der Waals surface area contributed by atoms with E-state index in [9.17, 15) is 0 Å². The summed E-state index contributed by atoms with van der Waals surface area (Å²) >= 11 is 0. The molecular formula is C27H29N5O2. The van der Waals surface area contributed by atoms with Gasteiger partial charge in [0.05, 0.1) is 31.4 Å². The molecule has 0 unspecified atom stereocenters. The Hall–Kier alpha value is -3.71. The highest BCUT2D eigenvalue weighted by Gasteiger charge is 2.27. The SMILES string of the molecule is COCc1ccccc1[C@H]1CCCn2nc(C=Cc3ccc(-n4cnc(C)c4)c(OC)c3)nc21. The zero-order valence-electron chi connectivity index (χ0n) is 19.8. The lowest BCUT2D eigenvalue weighted by atomic mass is 9.88. The Bertz CT molecular complexity index is 1320. The van der Waals surface area contributed by atoms with Crippen LogP contribution in [0.15, 0.2) is 55.0 Å². The van der Waals surface area contributed by atoms with Crippen LogP contribution < -0.4 is 4.74 Å². The number of methoxy groups -OCH3 is 2. The summed E-state index contributed by atoms with van der Waals surface area (Å²) in [4.78, 5) is 9.23. The van der Waals surface area contributed by atoms with Crippen LogP contribution in [0.5, 0.6) is 5.75 Å². The highest BCUT2D eigenvalue weighted by Crippen LogP contribution is 2.34. The van der Waals surface area contributed by atoms with Gasteiger partial charge in [-0.25, -0.2) is 14.6 Å². The van der Waals surface area contributed by atoms with E-state index in [-0.39, 0.29) is 5.92 Å². The fourth-order valence-electron chi connectivity index (χ4n) is 4.63. The normalized spacial score (nSPS) is 15.6. The minimum Gasteiger partial charge on any atom is -0.495 e. The van der Waals surface area contributed by atoms with Crippen molar-refractivity contribution in [1.82, 2.24) is 24.3 Å². The van der Waals surface area contributed by atoms with Gasteiger partial charge in [-0.15, -0.1) is 0 Å². The third-order valence-corrected chi connectivity index (χ3v) is 6.24. The van der Waals surface area contributed by atoms with Crippen molar-refractivity contribution in [3.05, 3.63) is 89.0 Å². The molecule has 2 aromatic heterocycles. The van der Waals surface area contributed by atoms with Crippen LogP contribution >= 0.6 is 0 Å². The van der Waals surface area contributed by atoms with Crippen LogP contribution in [0.1, 0.15) is 52.8 Å². The lowest BCUT2D eigenvalue weighted by Gasteiger charge is -2.24. The molecule has 1 atom stereocenters. The molecule has 34 heavy (non-hydrogen) atoms. The number of rotatable bonds is 7. The molecule has 0 aliphatic carbocycles. The van der Waals surface area contributed by atoms with E-state index in [0.717, 1.165) is 53.7 Å². The molecule has 7 heteroatoms. The predicted molar refractivity (Wildman–Crippen MR) is 132 cm³/mol. The molecule has 0 amide bonds. The van der Waals surface area contributed by atoms with Gasteiger partial charge in [0.25, 0.3) is 0 Å². The number of nitrogens with zero attached hydrogens (tertiary/aromatic N) is 5. The van der Waals surface area contributed by atoms with Gasteiger partial charge in [0.15, 0.2) is 5.82 Å². The van der Waals surface area contributed by atoms with Crippen molar-refractivity contribution < 1.29 is 9.47 Å². The molecule has 1 aliphatic heterocycles. The van der Waals surface area contributed by atoms with Crippen molar-refractivity contribution in [3.63, 3.8) is 0 Å². The lowest BCUT2D eigenvalue weighted by Crippen LogP contribution is -2.19. The first-order chi connectivity index (χ1) is 16.7. The van der Waals surface area contributed by atoms with E-state index in [1.807, 2.05) is 42.0 Å². The summed E-state index contributed by atoms with van der Waals surface area (Å²) < 4.78 is 15.1. The molecule has 7 nitrogen and oxygen atoms in total. The third kappa shape index (κ3) is 4.39. The molecule has 5 rings (SSSR count). The first kappa shape index (κ1) is 22.1. The van der Waals surface area contributed by atoms with Crippen LogP contribution in [-0.2, 0) is 17.9 Å². The van der Waals surface area contributed by atoms with Gasteiger partial charge in [-0.3, -0.25) is 0 Å². The lowest BCUT2D eigenvalue weighted by molar-refractivity contribution is 0.183. The number of ether oxygens (including phenoxy) is 2. The Morgan fingerprint density at radius 2 is 2.00 bits per heavy atom. The third-order valence-electron chi connectivity index (χ3n) is 6.24. The average molecular weight is 456 g/mol. The molecule has 0 bridgehead atoms. The zero-order valence-corrected chi connectivity index (χ0v) is 19.8. The smallest absolute Gasteiger partial charge is 0.174 e. The monoisotopic (exact) mass is 455 g/mol. The van der Waals surface area contributed by atoms with E-state index in [0.29, 0.717) is 6.61 Å². The van der Waals surface area contributed by atoms with Gasteiger partial charge >= 0.3 is 0 Å². The molecule has 0 N–H and O–H groups in total. The number of benzene rings is 2. The summed E-state index contributed by atoms with van der Waals surface area (Å²) in [6, 6.07) is 14.6. The largest absolute Gasteiger partial charge is 0.495 e. The van der Waals surface area contributed by atoms with Crippen molar-refractivity contribution in [2.24, 2.45) is 0 Å². The zero-order chi connectivity index (χ0) is 23.5. The van der Waals surface area contributed by atoms with E-state index < -0.39 is 0 Å². The standard InChI is InChI=1S/C27H29N5O2/c1-19-16-31(18-28-19)24-12-10-20(15-25(24)34-3)11-13-26-29-27-23(9-6-14-32(27)30-26)22-8-5-4-7-21(22)17-33-2/h4-5,7-8,10-13,15-16,18,23H,6,9,14,17H2,1-3H3/t23-/m1/s1. The maximum absolute atomic E-state index is 5.63. The number of aromatic nitrogens is 5. The van der Waals surface area contributed by atoms with Crippen LogP contribution in [0.25, 0.3) is 17.8 Å². The Labute approximate surface area is 199 Å². The van der Waals surface area contributed by atoms with Crippen LogP contribution in [0.3, 0.4) is 0 Å². The van der Waals surface area contributed by atoms with E-state index >= 15 is 0 Å². The number of fused-ring (bicyclic) bond motifs is 1. The molecule has 0 saturated heterocycles. The van der Waals surface area contributed by atoms with Crippen molar-refractivity contribution in [2.75, 3.05) is 14.2 Å². The van der Waals surface area contributed by atoms with E-state index in [2.05, 4.69) is 40.0 Å². The van der Waals surface area contributed by atoms with E-state index in [1.54, 1.807) is 20.5 Å². The first-order valence-corrected chi connectivity index (χ1v) is 11.5. The summed E-state index contributed by atoms with van der Waals surface area (Å²) in [7, 11) is 3.42. The number of hydrogen-bond donors (Lipinski definition) is 0. The second-order valence-corrected chi connectivity index (χ2v) is 8.56. The molecule has 4 aromatic rings. The second-order valence-electron chi connectivity index (χ2n) is 8.56. The molecule has 174 valence electrons. The van der Waals surface area contributed by atoms with Gasteiger partial charge in [-0.2, -0.15) is 5.10 Å². The van der Waals surface area contributed by atoms with Gasteiger partial charge in [-0.05, 0) is 54.7 Å². The summed E-state index contributed by atoms with van der Waals surface area (Å²) in [6.45, 7) is 3.47. The number of hydrogen-bond acceptors (Lipinski definition) is 5. The molecule has 0 fully saturated rings. The maximum atomic E-state index is 5.63. The summed E-state index contributed by atoms with van der Waals surface area (Å²) in [5.41, 5.74) is 5.43. The van der Waals surface area contributed by atoms with Crippen molar-refractivity contribution in [2.45, 2.75) is 38.8 Å². The van der Waals surface area contributed by atoms with Crippen LogP contribution in [0.4, 0.5) is 0 Å². The number of imidazole rings is 1. The van der Waals surface area contributed by atoms with Gasteiger partial charge in [0.1, 0.15) is 11.6 Å². The predicted octanol–water partition coefficient (Wildman–Crippen LogP) is 5.02. The number of aryl methyl sites for hydroxylation is 2. The molecular weight excluding hydrogens is 426 g/mol. The van der Waals surface area contributed by atoms with Gasteiger partial charge in [0, 0.05) is 25.8 Å². The topological polar surface area (TPSA) is 67.0 Å². The molecule has 3 heterocycles. The fraction of sp³-hybridized carbons (Fsp3) is 0.296. The molecule has 1 aliphatic rings. The minimum absolute atomic E-state index is 0.229. The van der Waals surface area contributed by atoms with E-state index in [4.69, 9.17) is 19.6 Å². The highest BCUT2D eigenvalue weighted by atomic mass is 16.5. The summed E-state index contributed by atoms with van der Waals surface area (Å²) in [5.74, 6) is 2.76. The van der Waals surface area contributed by atoms with Crippen LogP contribution in [0.2, 0.25) is 0 Å². The first-order valence-electron chi connectivity index (χ1n) is 11.5. The van der Waals surface area contributed by atoms with Gasteiger partial charge in [0.2, 0.25) is 0 Å². The maximum Gasteiger partial charge on any atom is 0.174 e. The van der Waals surface area contributed by atoms with Crippen LogP contribution in [-0.4, -0.2) is 38.5 Å². The minimum atomic E-state index is 0.229. The van der Waals surface area contributed by atoms with Gasteiger partial charge in [-0.1, -0.05) is 36.4 Å². The Kier molecular flexibility index (Phi) is 6.27. The van der Waals surface area contributed by atoms with Gasteiger partial charge < -0.3 is 14.0 Å².